The highest BCUT2D eigenvalue weighted by Crippen LogP contribution is 2.50. The van der Waals surface area contributed by atoms with Gasteiger partial charge in [0.1, 0.15) is 27.8 Å². The van der Waals surface area contributed by atoms with Crippen molar-refractivity contribution in [1.82, 2.24) is 18.9 Å². The van der Waals surface area contributed by atoms with Crippen LogP contribution in [0.15, 0.2) is 65.7 Å². The number of halogens is 2. The lowest BCUT2D eigenvalue weighted by atomic mass is 9.77. The maximum atomic E-state index is 15.7. The van der Waals surface area contributed by atoms with Gasteiger partial charge in [-0.05, 0) is 67.9 Å². The molecule has 3 N–H and O–H groups in total. The van der Waals surface area contributed by atoms with Crippen LogP contribution in [0.1, 0.15) is 29.4 Å². The number of amides is 1. The van der Waals surface area contributed by atoms with Crippen molar-refractivity contribution in [2.45, 2.75) is 28.5 Å². The van der Waals surface area contributed by atoms with E-state index in [1.807, 2.05) is 0 Å². The number of anilines is 1. The summed E-state index contributed by atoms with van der Waals surface area (Å²) in [5.41, 5.74) is -1.95. The summed E-state index contributed by atoms with van der Waals surface area (Å²) in [6, 6.07) is 10.7. The summed E-state index contributed by atoms with van der Waals surface area (Å²) < 4.78 is 89.0. The number of guanidine groups is 1. The van der Waals surface area contributed by atoms with E-state index in [0.29, 0.717) is 10.1 Å². The molecule has 2 aliphatic rings. The minimum absolute atomic E-state index is 0.0357. The molecule has 5 rings (SSSR count). The third-order valence-electron chi connectivity index (χ3n) is 8.06. The Hall–Kier alpha value is -4.15. The summed E-state index contributed by atoms with van der Waals surface area (Å²) in [7, 11) is -6.17. The molecule has 0 unspecified atom stereocenters. The van der Waals surface area contributed by atoms with Crippen LogP contribution in [0.5, 0.6) is 5.75 Å². The van der Waals surface area contributed by atoms with Gasteiger partial charge < -0.3 is 15.4 Å². The summed E-state index contributed by atoms with van der Waals surface area (Å²) in [6.07, 6.45) is 1.09. The second kappa shape index (κ2) is 10.5. The van der Waals surface area contributed by atoms with Crippen LogP contribution in [0.2, 0.25) is 0 Å². The zero-order chi connectivity index (χ0) is 31.4. The number of pyridine rings is 1. The highest BCUT2D eigenvalue weighted by atomic mass is 32.2. The van der Waals surface area contributed by atoms with E-state index < -0.39 is 60.4 Å². The van der Waals surface area contributed by atoms with E-state index in [1.54, 1.807) is 0 Å². The van der Waals surface area contributed by atoms with E-state index in [1.165, 1.54) is 44.5 Å². The van der Waals surface area contributed by atoms with E-state index in [2.05, 4.69) is 15.6 Å². The number of rotatable bonds is 6. The molecule has 1 aromatic heterocycles. The Morgan fingerprint density at radius 2 is 1.84 bits per heavy atom. The molecule has 0 radical (unpaired) electrons. The first kappa shape index (κ1) is 30.3. The Morgan fingerprint density at radius 1 is 1.14 bits per heavy atom. The van der Waals surface area contributed by atoms with Crippen LogP contribution in [-0.2, 0) is 25.6 Å². The van der Waals surface area contributed by atoms with Crippen LogP contribution in [0.25, 0.3) is 0 Å². The first-order valence-corrected chi connectivity index (χ1v) is 15.8. The molecular weight excluding hydrogens is 606 g/mol. The van der Waals surface area contributed by atoms with Gasteiger partial charge in [0.15, 0.2) is 0 Å². The molecule has 0 aliphatic carbocycles. The van der Waals surface area contributed by atoms with Crippen molar-refractivity contribution in [3.8, 4) is 5.75 Å². The first-order valence-electron chi connectivity index (χ1n) is 12.9. The minimum Gasteiger partial charge on any atom is -0.495 e. The molecule has 1 amide bonds. The number of ether oxygens (including phenoxy) is 1. The molecule has 2 atom stereocenters. The van der Waals surface area contributed by atoms with Gasteiger partial charge in [-0.25, -0.2) is 34.9 Å². The van der Waals surface area contributed by atoms with Crippen LogP contribution in [0, 0.1) is 17.0 Å². The predicted octanol–water partition coefficient (Wildman–Crippen LogP) is 2.47. The van der Waals surface area contributed by atoms with E-state index in [-0.39, 0.29) is 34.8 Å². The summed E-state index contributed by atoms with van der Waals surface area (Å²) >= 11 is 0. The van der Waals surface area contributed by atoms with Crippen LogP contribution < -0.4 is 15.4 Å². The number of aromatic nitrogens is 1. The van der Waals surface area contributed by atoms with Crippen LogP contribution in [0.3, 0.4) is 0 Å². The monoisotopic (exact) mass is 634 g/mol. The van der Waals surface area contributed by atoms with Crippen LogP contribution in [0.4, 0.5) is 14.5 Å². The van der Waals surface area contributed by atoms with E-state index in [4.69, 9.17) is 10.1 Å². The number of sulfonamides is 2. The van der Waals surface area contributed by atoms with Crippen molar-refractivity contribution in [2.24, 2.45) is 0 Å². The molecule has 2 fully saturated rings. The molecule has 12 nitrogen and oxygen atoms in total. The predicted molar refractivity (Wildman–Crippen MR) is 153 cm³/mol. The molecule has 2 saturated heterocycles. The lowest BCUT2D eigenvalue weighted by Gasteiger charge is -2.52. The molecule has 228 valence electrons. The summed E-state index contributed by atoms with van der Waals surface area (Å²) in [5, 5.41) is 13.8. The van der Waals surface area contributed by atoms with Crippen LogP contribution in [-0.4, -0.2) is 74.3 Å². The maximum Gasteiger partial charge on any atom is 0.274 e. The van der Waals surface area contributed by atoms with Gasteiger partial charge in [0.2, 0.25) is 26.0 Å². The molecular formula is C27H28F2N6O6S2. The number of hydrogen-bond acceptors (Lipinski definition) is 8. The number of carbonyl (C=O) groups excluding carboxylic acids is 1. The summed E-state index contributed by atoms with van der Waals surface area (Å²) in [4.78, 5) is 16.7. The Kier molecular flexibility index (Phi) is 7.43. The standard InChI is InChI=1S/C27H28F2N6O6S2/c1-26(21-14-18(6-10-22(21)29)32-24(36)23-11-7-19(41-3)15-31-23)27(43(39,40)34(2)25(30)33-26)12-13-35(16-27)42(37,38)20-8-4-17(28)5-9-20/h4-11,14-15H,12-13,16H2,1-3H3,(H2,30,33)(H,32,36)/t26-,27-/m0/s1. The topological polar surface area (TPSA) is 162 Å². The molecule has 43 heavy (non-hydrogen) atoms. The fourth-order valence-electron chi connectivity index (χ4n) is 5.53. The fourth-order valence-corrected chi connectivity index (χ4v) is 9.26. The van der Waals surface area contributed by atoms with Gasteiger partial charge in [-0.2, -0.15) is 4.31 Å². The number of methoxy groups -OCH3 is 1. The zero-order valence-electron chi connectivity index (χ0n) is 23.3. The fraction of sp³-hybridized carbons (Fsp3) is 0.296. The van der Waals surface area contributed by atoms with E-state index in [0.717, 1.165) is 41.7 Å². The number of nitrogens with one attached hydrogen (secondary N) is 3. The summed E-state index contributed by atoms with van der Waals surface area (Å²) in [6.45, 7) is 0.537. The Bertz CT molecular complexity index is 1820. The molecule has 2 aliphatic heterocycles. The van der Waals surface area contributed by atoms with Gasteiger partial charge in [0.05, 0.1) is 23.7 Å². The van der Waals surface area contributed by atoms with E-state index in [9.17, 15) is 26.0 Å². The average molecular weight is 635 g/mol. The second-order valence-electron chi connectivity index (χ2n) is 10.3. The normalized spacial score (nSPS) is 23.7. The van der Waals surface area contributed by atoms with Gasteiger partial charge in [0.25, 0.3) is 5.91 Å². The highest BCUT2D eigenvalue weighted by molar-refractivity contribution is 7.91. The van der Waals surface area contributed by atoms with Gasteiger partial charge in [-0.3, -0.25) is 10.2 Å². The molecule has 16 heteroatoms. The van der Waals surface area contributed by atoms with Crippen molar-refractivity contribution >= 4 is 37.6 Å². The van der Waals surface area contributed by atoms with Gasteiger partial charge in [-0.1, -0.05) is 0 Å². The molecule has 2 aromatic carbocycles. The van der Waals surface area contributed by atoms with Gasteiger partial charge >= 0.3 is 0 Å². The average Bonchev–Trinajstić information content (AvgIpc) is 3.46. The van der Waals surface area contributed by atoms with Crippen molar-refractivity contribution in [3.63, 3.8) is 0 Å². The quantitative estimate of drug-likeness (QED) is 0.373. The molecule has 3 heterocycles. The number of carbonyl (C=O) groups is 1. The highest BCUT2D eigenvalue weighted by Gasteiger charge is 2.67. The third kappa shape index (κ3) is 4.78. The van der Waals surface area contributed by atoms with Crippen LogP contribution >= 0.6 is 0 Å². The lowest BCUT2D eigenvalue weighted by Crippen LogP contribution is -2.74. The Labute approximate surface area is 247 Å². The molecule has 1 spiro atoms. The van der Waals surface area contributed by atoms with Gasteiger partial charge in [-0.15, -0.1) is 0 Å². The molecule has 3 aromatic rings. The van der Waals surface area contributed by atoms with Crippen molar-refractivity contribution in [3.05, 3.63) is 83.7 Å². The Balaban J connectivity index is 1.57. The SMILES string of the molecule is COc1ccc(C(=O)Nc2ccc(F)c([C@]3(C)NC(=N)N(C)S(=O)(=O)[C@]34CCN(S(=O)(=O)c3ccc(F)cc3)C4)c2)nc1. The number of nitrogens with zero attached hydrogens (tertiary/aromatic N) is 3. The zero-order valence-corrected chi connectivity index (χ0v) is 24.9. The maximum absolute atomic E-state index is 15.7. The lowest BCUT2D eigenvalue weighted by molar-refractivity contribution is 0.102. The largest absolute Gasteiger partial charge is 0.495 e. The minimum atomic E-state index is -4.49. The van der Waals surface area contributed by atoms with E-state index >= 15 is 4.39 Å². The molecule has 0 saturated carbocycles. The smallest absolute Gasteiger partial charge is 0.274 e. The van der Waals surface area contributed by atoms with Crippen molar-refractivity contribution < 1.29 is 35.1 Å². The van der Waals surface area contributed by atoms with Gasteiger partial charge in [0, 0.05) is 31.4 Å². The first-order chi connectivity index (χ1) is 20.2. The van der Waals surface area contributed by atoms with Crippen molar-refractivity contribution in [2.75, 3.05) is 32.6 Å². The van der Waals surface area contributed by atoms with Crippen molar-refractivity contribution in [1.29, 1.82) is 5.41 Å². The number of hydrogen-bond donors (Lipinski definition) is 3. The second-order valence-corrected chi connectivity index (χ2v) is 14.6. The third-order valence-corrected chi connectivity index (χ3v) is 12.6. The summed E-state index contributed by atoms with van der Waals surface area (Å²) in [5.74, 6) is -2.24. The number of benzene rings is 2. The Morgan fingerprint density at radius 3 is 2.47 bits per heavy atom. The molecule has 0 bridgehead atoms.